The van der Waals surface area contributed by atoms with Crippen molar-refractivity contribution in [2.45, 2.75) is 32.6 Å². The van der Waals surface area contributed by atoms with Crippen molar-refractivity contribution in [2.75, 3.05) is 0 Å². The molecule has 2 aliphatic rings. The van der Waals surface area contributed by atoms with Crippen molar-refractivity contribution in [1.82, 2.24) is 5.43 Å². The molecule has 1 aromatic rings. The molecular weight excluding hydrogens is 318 g/mol. The van der Waals surface area contributed by atoms with Crippen molar-refractivity contribution in [3.8, 4) is 0 Å². The highest BCUT2D eigenvalue weighted by molar-refractivity contribution is 6.33. The van der Waals surface area contributed by atoms with Gasteiger partial charge in [-0.15, -0.1) is 0 Å². The molecule has 0 spiro atoms. The van der Waals surface area contributed by atoms with Crippen molar-refractivity contribution in [3.05, 3.63) is 38.9 Å². The number of non-ortho nitro benzene ring substituents is 1. The lowest BCUT2D eigenvalue weighted by molar-refractivity contribution is -0.384. The average Bonchev–Trinajstić information content (AvgIpc) is 3.14. The number of rotatable bonds is 4. The fourth-order valence-electron chi connectivity index (χ4n) is 3.83. The number of carbonyl (C=O) groups excluding carboxylic acids is 1. The Hall–Kier alpha value is -1.95. The Morgan fingerprint density at radius 1 is 1.52 bits per heavy atom. The fraction of sp³-hybridized carbons (Fsp3) is 0.500. The summed E-state index contributed by atoms with van der Waals surface area (Å²) in [7, 11) is 0. The summed E-state index contributed by atoms with van der Waals surface area (Å²) in [5.41, 5.74) is 3.02. The largest absolute Gasteiger partial charge is 0.273 e. The second kappa shape index (κ2) is 5.92. The summed E-state index contributed by atoms with van der Waals surface area (Å²) in [6.07, 6.45) is 5.92. The van der Waals surface area contributed by atoms with E-state index in [1.807, 2.05) is 0 Å². The summed E-state index contributed by atoms with van der Waals surface area (Å²) < 4.78 is 0. The zero-order valence-corrected chi connectivity index (χ0v) is 13.5. The molecule has 0 heterocycles. The standard InChI is InChI=1S/C16H18ClN3O3/c1-16-7-3-2-4-12(16)14(16)15(21)19-18-9-10-8-11(20(22)23)5-6-13(10)17/h5-6,8-9,12,14H,2-4,7H2,1H3,(H,19,21)/b18-9-/t12-,14-,16-/m0/s1. The maximum atomic E-state index is 12.3. The second-order valence-electron chi connectivity index (χ2n) is 6.53. The summed E-state index contributed by atoms with van der Waals surface area (Å²) in [6, 6.07) is 4.10. The predicted octanol–water partition coefficient (Wildman–Crippen LogP) is 3.52. The van der Waals surface area contributed by atoms with Crippen LogP contribution in [0.2, 0.25) is 5.02 Å². The van der Waals surface area contributed by atoms with Crippen LogP contribution < -0.4 is 5.43 Å². The molecule has 2 fully saturated rings. The summed E-state index contributed by atoms with van der Waals surface area (Å²) in [4.78, 5) is 22.5. The number of nitro benzene ring substituents is 1. The molecular formula is C16H18ClN3O3. The van der Waals surface area contributed by atoms with E-state index in [0.29, 0.717) is 16.5 Å². The number of carbonyl (C=O) groups is 1. The molecule has 122 valence electrons. The summed E-state index contributed by atoms with van der Waals surface area (Å²) in [6.45, 7) is 2.17. The zero-order valence-electron chi connectivity index (χ0n) is 12.8. The molecule has 3 rings (SSSR count). The van der Waals surface area contributed by atoms with Crippen LogP contribution in [0.4, 0.5) is 5.69 Å². The number of nitrogens with zero attached hydrogens (tertiary/aromatic N) is 2. The van der Waals surface area contributed by atoms with E-state index in [1.165, 1.54) is 37.3 Å². The van der Waals surface area contributed by atoms with Crippen LogP contribution in [-0.4, -0.2) is 17.0 Å². The SMILES string of the molecule is C[C@]12CCCC[C@H]1[C@H]2C(=O)N/N=C\c1cc([N+](=O)[O-])ccc1Cl. The maximum absolute atomic E-state index is 12.3. The van der Waals surface area contributed by atoms with E-state index in [2.05, 4.69) is 17.5 Å². The first-order valence-electron chi connectivity index (χ1n) is 7.70. The van der Waals surface area contributed by atoms with Gasteiger partial charge in [-0.1, -0.05) is 31.4 Å². The molecule has 0 radical (unpaired) electrons. The van der Waals surface area contributed by atoms with Gasteiger partial charge in [0.2, 0.25) is 5.91 Å². The summed E-state index contributed by atoms with van der Waals surface area (Å²) in [5, 5.41) is 15.0. The van der Waals surface area contributed by atoms with Gasteiger partial charge in [-0.2, -0.15) is 5.10 Å². The van der Waals surface area contributed by atoms with Crippen LogP contribution in [0.15, 0.2) is 23.3 Å². The first kappa shape index (κ1) is 15.9. The lowest BCUT2D eigenvalue weighted by Gasteiger charge is -2.15. The number of nitrogens with one attached hydrogen (secondary N) is 1. The van der Waals surface area contributed by atoms with E-state index in [-0.39, 0.29) is 22.9 Å². The second-order valence-corrected chi connectivity index (χ2v) is 6.94. The maximum Gasteiger partial charge on any atom is 0.270 e. The molecule has 7 heteroatoms. The van der Waals surface area contributed by atoms with Gasteiger partial charge in [0, 0.05) is 28.6 Å². The minimum absolute atomic E-state index is 0.0303. The van der Waals surface area contributed by atoms with Gasteiger partial charge in [0.15, 0.2) is 0 Å². The van der Waals surface area contributed by atoms with Crippen molar-refractivity contribution >= 4 is 29.4 Å². The number of hydrazone groups is 1. The Morgan fingerprint density at radius 3 is 2.96 bits per heavy atom. The first-order chi connectivity index (χ1) is 10.9. The molecule has 6 nitrogen and oxygen atoms in total. The van der Waals surface area contributed by atoms with Gasteiger partial charge in [0.1, 0.15) is 0 Å². The molecule has 2 aliphatic carbocycles. The van der Waals surface area contributed by atoms with E-state index >= 15 is 0 Å². The number of halogens is 1. The molecule has 0 bridgehead atoms. The molecule has 0 aliphatic heterocycles. The van der Waals surface area contributed by atoms with Crippen LogP contribution in [0.3, 0.4) is 0 Å². The third-order valence-corrected chi connectivity index (χ3v) is 5.53. The van der Waals surface area contributed by atoms with Gasteiger partial charge in [-0.25, -0.2) is 5.43 Å². The van der Waals surface area contributed by atoms with Crippen molar-refractivity contribution in [2.24, 2.45) is 22.4 Å². The summed E-state index contributed by atoms with van der Waals surface area (Å²) >= 11 is 5.99. The van der Waals surface area contributed by atoms with Gasteiger partial charge in [0.25, 0.3) is 5.69 Å². The fourth-order valence-corrected chi connectivity index (χ4v) is 4.00. The van der Waals surface area contributed by atoms with E-state index in [0.717, 1.165) is 12.8 Å². The molecule has 1 aromatic carbocycles. The highest BCUT2D eigenvalue weighted by Gasteiger charge is 2.64. The average molecular weight is 336 g/mol. The van der Waals surface area contributed by atoms with E-state index in [1.54, 1.807) is 0 Å². The Balaban J connectivity index is 1.64. The van der Waals surface area contributed by atoms with E-state index in [9.17, 15) is 14.9 Å². The van der Waals surface area contributed by atoms with Crippen LogP contribution in [0.25, 0.3) is 0 Å². The van der Waals surface area contributed by atoms with Crippen LogP contribution in [0, 0.1) is 27.4 Å². The number of hydrogen-bond donors (Lipinski definition) is 1. The smallest absolute Gasteiger partial charge is 0.270 e. The van der Waals surface area contributed by atoms with Gasteiger partial charge in [0.05, 0.1) is 11.1 Å². The molecule has 1 amide bonds. The first-order valence-corrected chi connectivity index (χ1v) is 8.08. The Kier molecular flexibility index (Phi) is 4.10. The molecule has 2 saturated carbocycles. The topological polar surface area (TPSA) is 84.6 Å². The van der Waals surface area contributed by atoms with Gasteiger partial charge >= 0.3 is 0 Å². The molecule has 0 unspecified atom stereocenters. The molecule has 0 saturated heterocycles. The quantitative estimate of drug-likeness (QED) is 0.519. The normalized spacial score (nSPS) is 29.1. The van der Waals surface area contributed by atoms with Crippen LogP contribution in [0.5, 0.6) is 0 Å². The lowest BCUT2D eigenvalue weighted by Crippen LogP contribution is -2.22. The molecule has 23 heavy (non-hydrogen) atoms. The number of benzene rings is 1. The Morgan fingerprint density at radius 2 is 2.30 bits per heavy atom. The number of hydrogen-bond acceptors (Lipinski definition) is 4. The Labute approximate surface area is 139 Å². The highest BCUT2D eigenvalue weighted by Crippen LogP contribution is 2.66. The van der Waals surface area contributed by atoms with E-state index < -0.39 is 4.92 Å². The third-order valence-electron chi connectivity index (χ3n) is 5.18. The highest BCUT2D eigenvalue weighted by atomic mass is 35.5. The predicted molar refractivity (Wildman–Crippen MR) is 87.4 cm³/mol. The van der Waals surface area contributed by atoms with Crippen LogP contribution in [-0.2, 0) is 4.79 Å². The lowest BCUT2D eigenvalue weighted by atomic mass is 9.90. The number of amides is 1. The van der Waals surface area contributed by atoms with Crippen LogP contribution >= 0.6 is 11.6 Å². The van der Waals surface area contributed by atoms with Crippen molar-refractivity contribution in [3.63, 3.8) is 0 Å². The van der Waals surface area contributed by atoms with E-state index in [4.69, 9.17) is 11.6 Å². The van der Waals surface area contributed by atoms with Crippen molar-refractivity contribution < 1.29 is 9.72 Å². The van der Waals surface area contributed by atoms with Gasteiger partial charge in [-0.3, -0.25) is 14.9 Å². The van der Waals surface area contributed by atoms with Gasteiger partial charge in [-0.05, 0) is 30.2 Å². The zero-order chi connectivity index (χ0) is 16.6. The monoisotopic (exact) mass is 335 g/mol. The molecule has 1 N–H and O–H groups in total. The molecule has 3 atom stereocenters. The minimum Gasteiger partial charge on any atom is -0.273 e. The van der Waals surface area contributed by atoms with Crippen molar-refractivity contribution in [1.29, 1.82) is 0 Å². The molecule has 0 aromatic heterocycles. The number of nitro groups is 1. The third kappa shape index (κ3) is 2.95. The summed E-state index contributed by atoms with van der Waals surface area (Å²) in [5.74, 6) is 0.424. The van der Waals surface area contributed by atoms with Gasteiger partial charge < -0.3 is 0 Å². The number of fused-ring (bicyclic) bond motifs is 1. The minimum atomic E-state index is -0.498. The van der Waals surface area contributed by atoms with Crippen LogP contribution in [0.1, 0.15) is 38.2 Å². The Bertz CT molecular complexity index is 691.